The van der Waals surface area contributed by atoms with Crippen molar-refractivity contribution in [1.29, 1.82) is 0 Å². The van der Waals surface area contributed by atoms with E-state index >= 15 is 0 Å². The van der Waals surface area contributed by atoms with Gasteiger partial charge in [-0.25, -0.2) is 9.78 Å². The molecule has 21 N–H and O–H groups in total. The van der Waals surface area contributed by atoms with Crippen molar-refractivity contribution in [1.82, 2.24) is 52.5 Å². The molecule has 9 atom stereocenters. The van der Waals surface area contributed by atoms with Gasteiger partial charge in [-0.05, 0) is 42.4 Å². The van der Waals surface area contributed by atoms with E-state index in [4.69, 9.17) is 17.2 Å². The van der Waals surface area contributed by atoms with Gasteiger partial charge in [-0.15, -0.1) is 0 Å². The summed E-state index contributed by atoms with van der Waals surface area (Å²) in [5.41, 5.74) is 16.8. The van der Waals surface area contributed by atoms with Gasteiger partial charge in [0.2, 0.25) is 47.3 Å². The highest BCUT2D eigenvalue weighted by Gasteiger charge is 2.36. The number of benzene rings is 1. The first kappa shape index (κ1) is 60.7. The summed E-state index contributed by atoms with van der Waals surface area (Å²) in [6, 6.07) is -8.54. The molecule has 0 saturated heterocycles. The molecule has 0 aliphatic heterocycles. The Morgan fingerprint density at radius 1 is 0.583 bits per heavy atom. The van der Waals surface area contributed by atoms with Crippen molar-refractivity contribution in [2.75, 3.05) is 33.0 Å². The van der Waals surface area contributed by atoms with E-state index in [2.05, 4.69) is 57.5 Å². The van der Waals surface area contributed by atoms with E-state index in [0.29, 0.717) is 5.56 Å². The van der Waals surface area contributed by atoms with Crippen LogP contribution in [-0.4, -0.2) is 187 Å². The summed E-state index contributed by atoms with van der Waals surface area (Å²) in [6.07, 6.45) is 1.90. The molecule has 0 bridgehead atoms. The number of hydrogen-bond acceptors (Lipinski definition) is 17. The van der Waals surface area contributed by atoms with Gasteiger partial charge in [0.25, 0.3) is 0 Å². The Labute approximate surface area is 413 Å². The number of aromatic hydroxyl groups is 1. The van der Waals surface area contributed by atoms with Gasteiger partial charge in [0.15, 0.2) is 5.96 Å². The van der Waals surface area contributed by atoms with Gasteiger partial charge in [0, 0.05) is 31.3 Å². The van der Waals surface area contributed by atoms with Crippen molar-refractivity contribution >= 4 is 59.2 Å². The van der Waals surface area contributed by atoms with Crippen molar-refractivity contribution in [3.05, 3.63) is 48.0 Å². The second kappa shape index (κ2) is 30.3. The van der Waals surface area contributed by atoms with Crippen LogP contribution < -0.4 is 59.7 Å². The number of carboxylic acids is 1. The Morgan fingerprint density at radius 2 is 1.00 bits per heavy atom. The van der Waals surface area contributed by atoms with Crippen LogP contribution in [0.2, 0.25) is 0 Å². The number of aliphatic hydroxyl groups excluding tert-OH is 4. The number of carbonyl (C=O) groups excluding carboxylic acids is 8. The van der Waals surface area contributed by atoms with Crippen LogP contribution in [0.15, 0.2) is 41.8 Å². The van der Waals surface area contributed by atoms with Crippen molar-refractivity contribution in [2.45, 2.75) is 108 Å². The number of aliphatic carboxylic acids is 1. The third kappa shape index (κ3) is 20.1. The molecule has 0 unspecified atom stereocenters. The number of H-pyrrole nitrogens is 1. The monoisotopic (exact) mass is 1020 g/mol. The molecule has 29 heteroatoms. The summed E-state index contributed by atoms with van der Waals surface area (Å²) in [5.74, 6) is -11.1. The normalized spacial score (nSPS) is 14.9. The quantitative estimate of drug-likeness (QED) is 0.0189. The number of nitrogens with one attached hydrogen (secondary N) is 9. The summed E-state index contributed by atoms with van der Waals surface area (Å²) >= 11 is 0. The summed E-state index contributed by atoms with van der Waals surface area (Å²) in [5, 5.41) is 78.0. The predicted octanol–water partition coefficient (Wildman–Crippen LogP) is -7.47. The average molecular weight is 1020 g/mol. The Bertz CT molecular complexity index is 2160. The molecule has 1 heterocycles. The summed E-state index contributed by atoms with van der Waals surface area (Å²) in [4.78, 5) is 130. The molecule has 72 heavy (non-hydrogen) atoms. The lowest BCUT2D eigenvalue weighted by atomic mass is 9.99. The summed E-state index contributed by atoms with van der Waals surface area (Å²) < 4.78 is 0. The fourth-order valence-electron chi connectivity index (χ4n) is 6.53. The minimum Gasteiger partial charge on any atom is -0.508 e. The molecular weight excluding hydrogens is 953 g/mol. The smallest absolute Gasteiger partial charge is 0.326 e. The Kier molecular flexibility index (Phi) is 25.5. The van der Waals surface area contributed by atoms with E-state index in [9.17, 15) is 73.8 Å². The van der Waals surface area contributed by atoms with Gasteiger partial charge in [0.1, 0.15) is 60.1 Å². The zero-order valence-electron chi connectivity index (χ0n) is 40.2. The lowest BCUT2D eigenvalue weighted by Gasteiger charge is -2.29. The number of guanidine groups is 1. The van der Waals surface area contributed by atoms with Crippen LogP contribution in [-0.2, 0) is 56.0 Å². The maximum Gasteiger partial charge on any atom is 0.326 e. The third-order valence-electron chi connectivity index (χ3n) is 10.7. The van der Waals surface area contributed by atoms with E-state index < -0.39 is 146 Å². The van der Waals surface area contributed by atoms with Gasteiger partial charge >= 0.3 is 5.97 Å². The number of carbonyl (C=O) groups is 9. The lowest BCUT2D eigenvalue weighted by molar-refractivity contribution is -0.142. The fourth-order valence-corrected chi connectivity index (χ4v) is 6.53. The molecule has 0 aliphatic carbocycles. The molecule has 1 aromatic carbocycles. The molecule has 29 nitrogen and oxygen atoms in total. The third-order valence-corrected chi connectivity index (χ3v) is 10.7. The predicted molar refractivity (Wildman–Crippen MR) is 253 cm³/mol. The van der Waals surface area contributed by atoms with Crippen molar-refractivity contribution < 1.29 is 73.8 Å². The first-order valence-corrected chi connectivity index (χ1v) is 22.6. The second-order valence-corrected chi connectivity index (χ2v) is 17.1. The van der Waals surface area contributed by atoms with E-state index in [1.807, 2.05) is 0 Å². The minimum absolute atomic E-state index is 0.0418. The number of aliphatic imine (C=N–C) groups is 1. The zero-order chi connectivity index (χ0) is 54.2. The van der Waals surface area contributed by atoms with Crippen LogP contribution in [0.5, 0.6) is 5.75 Å². The summed E-state index contributed by atoms with van der Waals surface area (Å²) in [6.45, 7) is 2.49. The number of nitrogens with zero attached hydrogens (tertiary/aromatic N) is 2. The SMILES string of the molecule is CC(C)[C@H](NC(=O)[C@@H](NC(=O)[C@@H](N)CO)C(C)C)C(=O)N[C@@H](CO)C(=O)N[C@@H](CO)C(=O)N[C@@H](Cc1cnc[nH]1)C(=O)N[C@@H](Cc1ccc(O)cc1)C(=O)N[C@@H](CO)C(=O)N[C@@H](CCCN=C(N)N)C(=O)O. The minimum atomic E-state index is -1.84. The molecule has 0 radical (unpaired) electrons. The van der Waals surface area contributed by atoms with Crippen molar-refractivity contribution in [3.63, 3.8) is 0 Å². The number of phenolic OH excluding ortho intramolecular Hbond substituents is 1. The standard InChI is InChI=1S/C43H68N14O15/c1-20(2)32(57-41(70)33(21(3)4)56-34(63)25(44)15-58)40(69)55-31(18-61)39(68)54-30(17-60)38(67)52-28(13-23-14-47-19-49-23)36(65)51-27(12-22-7-9-24(62)10-8-22)35(64)53-29(16-59)37(66)50-26(42(71)72)6-5-11-48-43(45)46/h7-10,14,19-21,25-33,58-62H,5-6,11-13,15-18,44H2,1-4H3,(H,47,49)(H,50,66)(H,51,65)(H,52,67)(H,53,64)(H,54,68)(H,55,69)(H,56,63)(H,57,70)(H,71,72)(H4,45,46,48)/t25-,26-,27-,28-,29-,30-,31-,32-,33-/m0/s1. The maximum absolute atomic E-state index is 14.1. The summed E-state index contributed by atoms with van der Waals surface area (Å²) in [7, 11) is 0. The molecule has 0 aliphatic rings. The van der Waals surface area contributed by atoms with Gasteiger partial charge in [0.05, 0.1) is 32.8 Å². The topological polar surface area (TPSA) is 490 Å². The van der Waals surface area contributed by atoms with E-state index in [1.165, 1.54) is 36.8 Å². The molecule has 0 fully saturated rings. The van der Waals surface area contributed by atoms with Gasteiger partial charge < -0.3 is 95.4 Å². The van der Waals surface area contributed by atoms with Crippen LogP contribution in [0.3, 0.4) is 0 Å². The highest BCUT2D eigenvalue weighted by atomic mass is 16.4. The number of imidazole rings is 1. The molecule has 0 spiro atoms. The van der Waals surface area contributed by atoms with Crippen LogP contribution in [0, 0.1) is 11.8 Å². The number of aromatic amines is 1. The fraction of sp³-hybridized carbons (Fsp3) is 0.558. The Hall–Kier alpha value is -7.47. The highest BCUT2D eigenvalue weighted by molar-refractivity contribution is 5.98. The van der Waals surface area contributed by atoms with Crippen LogP contribution in [0.4, 0.5) is 0 Å². The van der Waals surface area contributed by atoms with E-state index in [1.54, 1.807) is 27.7 Å². The number of nitrogens with two attached hydrogens (primary N) is 3. The molecule has 2 rings (SSSR count). The molecule has 0 saturated carbocycles. The Balaban J connectivity index is 2.33. The maximum atomic E-state index is 14.1. The van der Waals surface area contributed by atoms with Crippen molar-refractivity contribution in [2.24, 2.45) is 34.0 Å². The number of hydrogen-bond donors (Lipinski definition) is 18. The first-order chi connectivity index (χ1) is 34.0. The number of phenols is 1. The highest BCUT2D eigenvalue weighted by Crippen LogP contribution is 2.13. The molecule has 400 valence electrons. The van der Waals surface area contributed by atoms with Crippen LogP contribution >= 0.6 is 0 Å². The molecule has 1 aromatic heterocycles. The Morgan fingerprint density at radius 3 is 1.42 bits per heavy atom. The van der Waals surface area contributed by atoms with E-state index in [-0.39, 0.29) is 49.6 Å². The first-order valence-electron chi connectivity index (χ1n) is 22.6. The number of carboxylic acid groups (broad SMARTS) is 1. The largest absolute Gasteiger partial charge is 0.508 e. The van der Waals surface area contributed by atoms with Crippen LogP contribution in [0.25, 0.3) is 0 Å². The van der Waals surface area contributed by atoms with Crippen LogP contribution in [0.1, 0.15) is 51.8 Å². The zero-order valence-corrected chi connectivity index (χ0v) is 40.2. The molecule has 2 aromatic rings. The number of rotatable bonds is 31. The number of aromatic nitrogens is 2. The second-order valence-electron chi connectivity index (χ2n) is 17.1. The number of aliphatic hydroxyl groups is 4. The molecule has 8 amide bonds. The van der Waals surface area contributed by atoms with E-state index in [0.717, 1.165) is 0 Å². The lowest BCUT2D eigenvalue weighted by Crippen LogP contribution is -2.62. The average Bonchev–Trinajstić information content (AvgIpc) is 3.85. The number of amides is 8. The van der Waals surface area contributed by atoms with Gasteiger partial charge in [-0.2, -0.15) is 0 Å². The van der Waals surface area contributed by atoms with Crippen molar-refractivity contribution in [3.8, 4) is 5.75 Å². The van der Waals surface area contributed by atoms with Gasteiger partial charge in [-0.3, -0.25) is 43.3 Å². The molecular formula is C43H68N14O15. The van der Waals surface area contributed by atoms with Gasteiger partial charge in [-0.1, -0.05) is 39.8 Å².